The topological polar surface area (TPSA) is 98.4 Å². The van der Waals surface area contributed by atoms with Gasteiger partial charge in [-0.05, 0) is 38.0 Å². The SMILES string of the molecule is Cc1nc([C@@H]2CCCN(C(=O)COc3cccc(C(F)(F)F)c3)C2)ncc1C(N)=O. The van der Waals surface area contributed by atoms with E-state index < -0.39 is 17.6 Å². The summed E-state index contributed by atoms with van der Waals surface area (Å²) in [5, 5.41) is 0. The van der Waals surface area contributed by atoms with Crippen molar-refractivity contribution in [3.63, 3.8) is 0 Å². The highest BCUT2D eigenvalue weighted by Gasteiger charge is 2.31. The number of amides is 2. The normalized spacial score (nSPS) is 16.9. The van der Waals surface area contributed by atoms with Gasteiger partial charge >= 0.3 is 6.18 Å². The van der Waals surface area contributed by atoms with E-state index in [-0.39, 0.29) is 29.7 Å². The van der Waals surface area contributed by atoms with Crippen molar-refractivity contribution >= 4 is 11.8 Å². The number of benzene rings is 1. The number of aromatic nitrogens is 2. The highest BCUT2D eigenvalue weighted by atomic mass is 19.4. The van der Waals surface area contributed by atoms with Gasteiger partial charge in [0.2, 0.25) is 0 Å². The lowest BCUT2D eigenvalue weighted by molar-refractivity contribution is -0.137. The van der Waals surface area contributed by atoms with Gasteiger partial charge in [0.25, 0.3) is 11.8 Å². The molecule has 1 aliphatic rings. The van der Waals surface area contributed by atoms with E-state index in [0.717, 1.165) is 25.0 Å². The molecule has 1 atom stereocenters. The van der Waals surface area contributed by atoms with Gasteiger partial charge in [0.1, 0.15) is 11.6 Å². The molecular weight excluding hydrogens is 401 g/mol. The second-order valence-corrected chi connectivity index (χ2v) is 7.08. The maximum atomic E-state index is 12.8. The summed E-state index contributed by atoms with van der Waals surface area (Å²) in [4.78, 5) is 34.0. The van der Waals surface area contributed by atoms with Crippen LogP contribution < -0.4 is 10.5 Å². The summed E-state index contributed by atoms with van der Waals surface area (Å²) in [5.41, 5.74) is 5.16. The Labute approximate surface area is 171 Å². The molecule has 0 spiro atoms. The molecule has 0 saturated carbocycles. The van der Waals surface area contributed by atoms with Gasteiger partial charge in [-0.2, -0.15) is 13.2 Å². The average Bonchev–Trinajstić information content (AvgIpc) is 2.71. The molecule has 1 fully saturated rings. The number of alkyl halides is 3. The number of nitrogens with two attached hydrogens (primary N) is 1. The first-order valence-electron chi connectivity index (χ1n) is 9.36. The van der Waals surface area contributed by atoms with Crippen LogP contribution in [0.1, 0.15) is 46.2 Å². The number of nitrogens with zero attached hydrogens (tertiary/aromatic N) is 3. The zero-order chi connectivity index (χ0) is 21.9. The van der Waals surface area contributed by atoms with E-state index in [2.05, 4.69) is 9.97 Å². The molecule has 30 heavy (non-hydrogen) atoms. The quantitative estimate of drug-likeness (QED) is 0.799. The minimum Gasteiger partial charge on any atom is -0.484 e. The Bertz CT molecular complexity index is 949. The molecule has 0 aliphatic carbocycles. The van der Waals surface area contributed by atoms with Crippen molar-refractivity contribution in [3.8, 4) is 5.75 Å². The van der Waals surface area contributed by atoms with Gasteiger partial charge in [0.15, 0.2) is 6.61 Å². The van der Waals surface area contributed by atoms with Crippen molar-refractivity contribution in [1.82, 2.24) is 14.9 Å². The first kappa shape index (κ1) is 21.5. The third-order valence-electron chi connectivity index (χ3n) is 4.93. The first-order chi connectivity index (χ1) is 14.1. The van der Waals surface area contributed by atoms with Crippen molar-refractivity contribution in [1.29, 1.82) is 0 Å². The molecule has 1 saturated heterocycles. The van der Waals surface area contributed by atoms with E-state index in [1.165, 1.54) is 18.3 Å². The van der Waals surface area contributed by atoms with Gasteiger partial charge in [0, 0.05) is 25.2 Å². The van der Waals surface area contributed by atoms with E-state index in [4.69, 9.17) is 10.5 Å². The minimum absolute atomic E-state index is 0.0206. The highest BCUT2D eigenvalue weighted by molar-refractivity contribution is 5.93. The van der Waals surface area contributed by atoms with Crippen molar-refractivity contribution < 1.29 is 27.5 Å². The maximum Gasteiger partial charge on any atom is 0.416 e. The van der Waals surface area contributed by atoms with Crippen LogP contribution in [0, 0.1) is 6.92 Å². The highest BCUT2D eigenvalue weighted by Crippen LogP contribution is 2.31. The molecule has 10 heteroatoms. The Morgan fingerprint density at radius 3 is 2.77 bits per heavy atom. The number of primary amides is 1. The molecule has 2 heterocycles. The van der Waals surface area contributed by atoms with E-state index in [1.54, 1.807) is 11.8 Å². The van der Waals surface area contributed by atoms with Gasteiger partial charge < -0.3 is 15.4 Å². The molecule has 1 aliphatic heterocycles. The number of rotatable bonds is 5. The molecule has 160 valence electrons. The summed E-state index contributed by atoms with van der Waals surface area (Å²) >= 11 is 0. The van der Waals surface area contributed by atoms with Gasteiger partial charge in [-0.15, -0.1) is 0 Å². The Balaban J connectivity index is 1.62. The van der Waals surface area contributed by atoms with Crippen LogP contribution in [-0.2, 0) is 11.0 Å². The maximum absolute atomic E-state index is 12.8. The average molecular weight is 422 g/mol. The predicted molar refractivity (Wildman–Crippen MR) is 101 cm³/mol. The van der Waals surface area contributed by atoms with Gasteiger partial charge in [-0.3, -0.25) is 9.59 Å². The Kier molecular flexibility index (Phi) is 6.23. The summed E-state index contributed by atoms with van der Waals surface area (Å²) in [6.07, 6.45) is -1.60. The van der Waals surface area contributed by atoms with E-state index >= 15 is 0 Å². The lowest BCUT2D eigenvalue weighted by Crippen LogP contribution is -2.42. The molecule has 3 rings (SSSR count). The molecule has 7 nitrogen and oxygen atoms in total. The standard InChI is InChI=1S/C20H21F3N4O3/c1-12-16(18(24)29)9-25-19(26-12)13-4-3-7-27(10-13)17(28)11-30-15-6-2-5-14(8-15)20(21,22)23/h2,5-6,8-9,13H,3-4,7,10-11H2,1H3,(H2,24,29)/t13-/m1/s1. The number of halogens is 3. The second-order valence-electron chi connectivity index (χ2n) is 7.08. The fraction of sp³-hybridized carbons (Fsp3) is 0.400. The molecule has 1 aromatic heterocycles. The van der Waals surface area contributed by atoms with Crippen LogP contribution in [0.4, 0.5) is 13.2 Å². The lowest BCUT2D eigenvalue weighted by Gasteiger charge is -2.32. The Morgan fingerprint density at radius 2 is 2.10 bits per heavy atom. The largest absolute Gasteiger partial charge is 0.484 e. The Morgan fingerprint density at radius 1 is 1.33 bits per heavy atom. The van der Waals surface area contributed by atoms with Crippen LogP contribution in [0.3, 0.4) is 0 Å². The second kappa shape index (κ2) is 8.68. The zero-order valence-corrected chi connectivity index (χ0v) is 16.3. The number of piperidine rings is 1. The van der Waals surface area contributed by atoms with Crippen molar-refractivity contribution in [2.24, 2.45) is 5.73 Å². The van der Waals surface area contributed by atoms with Crippen molar-refractivity contribution in [2.45, 2.75) is 31.9 Å². The molecule has 0 unspecified atom stereocenters. The number of aryl methyl sites for hydroxylation is 1. The summed E-state index contributed by atoms with van der Waals surface area (Å²) in [5.74, 6) is -0.549. The minimum atomic E-state index is -4.48. The summed E-state index contributed by atoms with van der Waals surface area (Å²) < 4.78 is 43.7. The molecule has 0 radical (unpaired) electrons. The monoisotopic (exact) mass is 422 g/mol. The number of hydrogen-bond acceptors (Lipinski definition) is 5. The van der Waals surface area contributed by atoms with Crippen LogP contribution in [0.25, 0.3) is 0 Å². The molecule has 2 amide bonds. The van der Waals surface area contributed by atoms with Crippen LogP contribution in [-0.4, -0.2) is 46.4 Å². The van der Waals surface area contributed by atoms with Crippen LogP contribution in [0.2, 0.25) is 0 Å². The number of carbonyl (C=O) groups excluding carboxylic acids is 2. The molecular formula is C20H21F3N4O3. The molecule has 2 N–H and O–H groups in total. The summed E-state index contributed by atoms with van der Waals surface area (Å²) in [7, 11) is 0. The third kappa shape index (κ3) is 5.05. The molecule has 1 aromatic carbocycles. The zero-order valence-electron chi connectivity index (χ0n) is 16.3. The molecule has 2 aromatic rings. The predicted octanol–water partition coefficient (Wildman–Crippen LogP) is 2.69. The van der Waals surface area contributed by atoms with E-state index in [1.807, 2.05) is 0 Å². The summed E-state index contributed by atoms with van der Waals surface area (Å²) in [6.45, 7) is 2.17. The fourth-order valence-corrected chi connectivity index (χ4v) is 3.34. The van der Waals surface area contributed by atoms with Crippen LogP contribution in [0.15, 0.2) is 30.5 Å². The first-order valence-corrected chi connectivity index (χ1v) is 9.36. The molecule has 0 bridgehead atoms. The van der Waals surface area contributed by atoms with Crippen LogP contribution in [0.5, 0.6) is 5.75 Å². The fourth-order valence-electron chi connectivity index (χ4n) is 3.34. The smallest absolute Gasteiger partial charge is 0.416 e. The number of hydrogen-bond donors (Lipinski definition) is 1. The van der Waals surface area contributed by atoms with Gasteiger partial charge in [-0.25, -0.2) is 9.97 Å². The van der Waals surface area contributed by atoms with Crippen LogP contribution >= 0.6 is 0 Å². The Hall–Kier alpha value is -3.17. The number of ether oxygens (including phenoxy) is 1. The number of likely N-dealkylation sites (tertiary alicyclic amines) is 1. The number of carbonyl (C=O) groups is 2. The van der Waals surface area contributed by atoms with Crippen molar-refractivity contribution in [2.75, 3.05) is 19.7 Å². The van der Waals surface area contributed by atoms with Crippen molar-refractivity contribution in [3.05, 3.63) is 53.1 Å². The summed E-state index contributed by atoms with van der Waals surface area (Å²) in [6, 6.07) is 4.41. The van der Waals surface area contributed by atoms with Gasteiger partial charge in [-0.1, -0.05) is 6.07 Å². The van der Waals surface area contributed by atoms with Gasteiger partial charge in [0.05, 0.1) is 16.8 Å². The third-order valence-corrected chi connectivity index (χ3v) is 4.93. The lowest BCUT2D eigenvalue weighted by atomic mass is 9.97. The van der Waals surface area contributed by atoms with E-state index in [0.29, 0.717) is 24.6 Å². The van der Waals surface area contributed by atoms with E-state index in [9.17, 15) is 22.8 Å².